The molecular weight excluding hydrogens is 469 g/mol. The first kappa shape index (κ1) is 22.7. The van der Waals surface area contributed by atoms with E-state index in [0.717, 1.165) is 6.42 Å². The van der Waals surface area contributed by atoms with Gasteiger partial charge in [0.05, 0.1) is 4.90 Å². The molecule has 1 fully saturated rings. The molecule has 2 aliphatic rings. The van der Waals surface area contributed by atoms with Gasteiger partial charge in [0.15, 0.2) is 0 Å². The lowest BCUT2D eigenvalue weighted by molar-refractivity contribution is -0.274. The van der Waals surface area contributed by atoms with Crippen LogP contribution in [0.15, 0.2) is 76.4 Å². The Morgan fingerprint density at radius 1 is 0.882 bits per heavy atom. The van der Waals surface area contributed by atoms with E-state index in [9.17, 15) is 26.4 Å². The lowest BCUT2D eigenvalue weighted by atomic mass is 9.81. The molecule has 0 aliphatic carbocycles. The van der Waals surface area contributed by atoms with Gasteiger partial charge in [-0.3, -0.25) is 4.79 Å². The molecule has 2 aliphatic heterocycles. The van der Waals surface area contributed by atoms with Gasteiger partial charge in [-0.25, -0.2) is 8.42 Å². The molecule has 2 bridgehead atoms. The van der Waals surface area contributed by atoms with Gasteiger partial charge in [0.2, 0.25) is 10.0 Å². The van der Waals surface area contributed by atoms with Gasteiger partial charge in [-0.1, -0.05) is 30.3 Å². The number of hydrogen-bond donors (Lipinski definition) is 0. The monoisotopic (exact) mass is 490 g/mol. The van der Waals surface area contributed by atoms with E-state index in [1.54, 1.807) is 41.0 Å². The van der Waals surface area contributed by atoms with Crippen molar-refractivity contribution >= 4 is 10.0 Å². The van der Waals surface area contributed by atoms with Gasteiger partial charge in [0.1, 0.15) is 5.75 Å². The number of pyridine rings is 1. The van der Waals surface area contributed by atoms with E-state index in [0.29, 0.717) is 29.9 Å². The van der Waals surface area contributed by atoms with Gasteiger partial charge < -0.3 is 9.30 Å². The van der Waals surface area contributed by atoms with Crippen molar-refractivity contribution < 1.29 is 26.3 Å². The number of alkyl halides is 3. The number of hydrogen-bond acceptors (Lipinski definition) is 4. The number of piperidine rings is 1. The number of halogens is 3. The van der Waals surface area contributed by atoms with E-state index in [1.165, 1.54) is 34.6 Å². The molecule has 1 aromatic heterocycles. The summed E-state index contributed by atoms with van der Waals surface area (Å²) in [6.45, 7) is 0.932. The fourth-order valence-electron chi connectivity index (χ4n) is 4.99. The molecule has 1 saturated heterocycles. The summed E-state index contributed by atoms with van der Waals surface area (Å²) in [5.41, 5.74) is 1.85. The molecular formula is C24H21F3N2O4S. The first-order chi connectivity index (χ1) is 16.1. The average Bonchev–Trinajstić information content (AvgIpc) is 2.80. The number of benzene rings is 2. The molecule has 2 atom stereocenters. The maximum Gasteiger partial charge on any atom is 0.573 e. The van der Waals surface area contributed by atoms with Crippen molar-refractivity contribution in [2.75, 3.05) is 13.1 Å². The minimum absolute atomic E-state index is 0.0137. The molecule has 34 heavy (non-hydrogen) atoms. The zero-order valence-electron chi connectivity index (χ0n) is 17.9. The summed E-state index contributed by atoms with van der Waals surface area (Å²) in [5.74, 6) is -0.572. The van der Waals surface area contributed by atoms with Crippen molar-refractivity contribution in [2.24, 2.45) is 5.92 Å². The number of aromatic nitrogens is 1. The fraction of sp³-hybridized carbons (Fsp3) is 0.292. The van der Waals surface area contributed by atoms with Crippen molar-refractivity contribution in [3.8, 4) is 16.9 Å². The molecule has 3 aromatic rings. The van der Waals surface area contributed by atoms with E-state index in [1.807, 2.05) is 0 Å². The number of rotatable bonds is 4. The van der Waals surface area contributed by atoms with E-state index in [2.05, 4.69) is 4.74 Å². The molecule has 2 aromatic carbocycles. The highest BCUT2D eigenvalue weighted by atomic mass is 32.2. The Morgan fingerprint density at radius 3 is 2.26 bits per heavy atom. The lowest BCUT2D eigenvalue weighted by Crippen LogP contribution is -2.49. The summed E-state index contributed by atoms with van der Waals surface area (Å²) >= 11 is 0. The molecule has 10 heteroatoms. The molecule has 0 saturated carbocycles. The summed E-state index contributed by atoms with van der Waals surface area (Å²) in [7, 11) is -3.69. The number of nitrogens with zero attached hydrogens (tertiary/aromatic N) is 2. The van der Waals surface area contributed by atoms with Crippen molar-refractivity contribution in [1.82, 2.24) is 8.87 Å². The Morgan fingerprint density at radius 2 is 1.59 bits per heavy atom. The topological polar surface area (TPSA) is 68.6 Å². The SMILES string of the molecule is O=c1ccc(-c2ccc(OC(F)(F)F)cc2)c2n1C[C@H]1C[C@@H]2CN(S(=O)(=O)c2ccccc2)C1. The van der Waals surface area contributed by atoms with Crippen LogP contribution < -0.4 is 10.3 Å². The van der Waals surface area contributed by atoms with Crippen LogP contribution in [-0.4, -0.2) is 36.7 Å². The maximum atomic E-state index is 13.3. The zero-order valence-corrected chi connectivity index (χ0v) is 18.7. The summed E-state index contributed by atoms with van der Waals surface area (Å²) in [6, 6.07) is 16.8. The standard InChI is InChI=1S/C24H21F3N2O4S/c25-24(26,27)33-19-8-6-17(7-9-19)21-10-11-22(30)29-14-16-12-18(23(21)29)15-28(13-16)34(31,32)20-4-2-1-3-5-20/h1-11,16,18H,12-15H2/t16-,18+/m0/s1. The minimum atomic E-state index is -4.79. The first-order valence-electron chi connectivity index (χ1n) is 10.8. The molecule has 0 unspecified atom stereocenters. The van der Waals surface area contributed by atoms with Crippen LogP contribution in [0.3, 0.4) is 0 Å². The summed E-state index contributed by atoms with van der Waals surface area (Å²) in [6.07, 6.45) is -4.06. The Bertz CT molecular complexity index is 1370. The van der Waals surface area contributed by atoms with Gasteiger partial charge in [0, 0.05) is 42.9 Å². The summed E-state index contributed by atoms with van der Waals surface area (Å²) in [4.78, 5) is 12.9. The van der Waals surface area contributed by atoms with Gasteiger partial charge >= 0.3 is 6.36 Å². The molecule has 0 N–H and O–H groups in total. The Kier molecular flexibility index (Phi) is 5.52. The van der Waals surface area contributed by atoms with E-state index >= 15 is 0 Å². The lowest BCUT2D eigenvalue weighted by Gasteiger charge is -2.42. The zero-order chi connectivity index (χ0) is 24.1. The average molecular weight is 491 g/mol. The third kappa shape index (κ3) is 4.23. The Hall–Kier alpha value is -3.11. The van der Waals surface area contributed by atoms with Crippen LogP contribution in [-0.2, 0) is 16.6 Å². The predicted molar refractivity (Wildman–Crippen MR) is 119 cm³/mol. The van der Waals surface area contributed by atoms with Gasteiger partial charge in [0.25, 0.3) is 5.56 Å². The van der Waals surface area contributed by atoms with E-state index < -0.39 is 16.4 Å². The van der Waals surface area contributed by atoms with Crippen molar-refractivity contribution in [3.63, 3.8) is 0 Å². The van der Waals surface area contributed by atoms with Crippen LogP contribution in [0.4, 0.5) is 13.2 Å². The summed E-state index contributed by atoms with van der Waals surface area (Å²) in [5, 5.41) is 0. The van der Waals surface area contributed by atoms with Crippen LogP contribution in [0.5, 0.6) is 5.75 Å². The van der Waals surface area contributed by atoms with Crippen LogP contribution in [0, 0.1) is 5.92 Å². The third-order valence-electron chi connectivity index (χ3n) is 6.34. The predicted octanol–water partition coefficient (Wildman–Crippen LogP) is 4.22. The van der Waals surface area contributed by atoms with Crippen LogP contribution in [0.1, 0.15) is 18.0 Å². The van der Waals surface area contributed by atoms with Crippen LogP contribution >= 0.6 is 0 Å². The van der Waals surface area contributed by atoms with Crippen molar-refractivity contribution in [2.45, 2.75) is 30.1 Å². The maximum absolute atomic E-state index is 13.3. The van der Waals surface area contributed by atoms with Crippen LogP contribution in [0.2, 0.25) is 0 Å². The second-order valence-electron chi connectivity index (χ2n) is 8.59. The van der Waals surface area contributed by atoms with Gasteiger partial charge in [-0.2, -0.15) is 4.31 Å². The van der Waals surface area contributed by atoms with E-state index in [4.69, 9.17) is 0 Å². The Balaban J connectivity index is 1.51. The largest absolute Gasteiger partial charge is 0.573 e. The number of sulfonamides is 1. The van der Waals surface area contributed by atoms with Crippen molar-refractivity contribution in [1.29, 1.82) is 0 Å². The highest BCUT2D eigenvalue weighted by Gasteiger charge is 2.40. The molecule has 6 nitrogen and oxygen atoms in total. The smallest absolute Gasteiger partial charge is 0.406 e. The number of fused-ring (bicyclic) bond motifs is 4. The highest BCUT2D eigenvalue weighted by Crippen LogP contribution is 2.41. The molecule has 5 rings (SSSR count). The third-order valence-corrected chi connectivity index (χ3v) is 8.18. The first-order valence-corrected chi connectivity index (χ1v) is 12.2. The second kappa shape index (κ2) is 8.28. The normalized spacial score (nSPS) is 20.6. The minimum Gasteiger partial charge on any atom is -0.406 e. The van der Waals surface area contributed by atoms with E-state index in [-0.39, 0.29) is 34.6 Å². The quantitative estimate of drug-likeness (QED) is 0.549. The van der Waals surface area contributed by atoms with Gasteiger partial charge in [-0.15, -0.1) is 13.2 Å². The fourth-order valence-corrected chi connectivity index (χ4v) is 6.57. The molecule has 3 heterocycles. The molecule has 0 spiro atoms. The molecule has 178 valence electrons. The van der Waals surface area contributed by atoms with Crippen molar-refractivity contribution in [3.05, 3.63) is 82.8 Å². The molecule has 0 amide bonds. The summed E-state index contributed by atoms with van der Waals surface area (Å²) < 4.78 is 71.2. The highest BCUT2D eigenvalue weighted by molar-refractivity contribution is 7.89. The van der Waals surface area contributed by atoms with Crippen LogP contribution in [0.25, 0.3) is 11.1 Å². The van der Waals surface area contributed by atoms with Gasteiger partial charge in [-0.05, 0) is 48.2 Å². The number of ether oxygens (including phenoxy) is 1. The Labute approximate surface area is 194 Å². The second-order valence-corrected chi connectivity index (χ2v) is 10.5. The molecule has 0 radical (unpaired) electrons.